The standard InChI is InChI=1S/C63H37N2O3P/c1-36-24-51-61-52(25-36)65(46-18-6-3-7-19-46)54-31-44(42-21-23-56-48(29-42)50-27-38-13-9-11-15-40(38)33-58(50)67-56)35-60-63(54)69(61)62-53(64(51)45-16-4-2-5-17-45)30-43(34-59(62)68-60)41-20-22-55-47(28-41)49-26-37-12-8-10-14-39(37)32-57(49)66-55/h2-35H,1H3. The van der Waals surface area contributed by atoms with Crippen LogP contribution in [0.1, 0.15) is 5.56 Å². The van der Waals surface area contributed by atoms with Gasteiger partial charge in [0.25, 0.3) is 0 Å². The highest BCUT2D eigenvalue weighted by atomic mass is 31.1. The molecular formula is C63H37N2O3P. The highest BCUT2D eigenvalue weighted by Gasteiger charge is 2.47. The number of fused-ring (bicyclic) bond motifs is 8. The summed E-state index contributed by atoms with van der Waals surface area (Å²) >= 11 is 0. The van der Waals surface area contributed by atoms with Crippen molar-refractivity contribution < 1.29 is 13.6 Å². The van der Waals surface area contributed by atoms with Crippen LogP contribution < -0.4 is 30.5 Å². The van der Waals surface area contributed by atoms with Gasteiger partial charge in [-0.3, -0.25) is 0 Å². The monoisotopic (exact) mass is 900 g/mol. The predicted octanol–water partition coefficient (Wildman–Crippen LogP) is 16.9. The highest BCUT2D eigenvalue weighted by molar-refractivity contribution is 7.81. The van der Waals surface area contributed by atoms with Gasteiger partial charge in [0.15, 0.2) is 0 Å². The molecule has 6 heteroatoms. The van der Waals surface area contributed by atoms with Crippen LogP contribution in [-0.2, 0) is 0 Å². The first kappa shape index (κ1) is 37.5. The first-order valence-electron chi connectivity index (χ1n) is 23.5. The number of benzene rings is 11. The van der Waals surface area contributed by atoms with E-state index in [2.05, 4.69) is 223 Å². The average molecular weight is 901 g/mol. The zero-order valence-corrected chi connectivity index (χ0v) is 38.1. The minimum Gasteiger partial charge on any atom is -0.456 e. The topological polar surface area (TPSA) is 42.0 Å². The van der Waals surface area contributed by atoms with E-state index in [4.69, 9.17) is 13.6 Å². The molecule has 5 heterocycles. The van der Waals surface area contributed by atoms with Crippen LogP contribution >= 0.6 is 7.92 Å². The van der Waals surface area contributed by atoms with Crippen LogP contribution in [0.5, 0.6) is 11.5 Å². The van der Waals surface area contributed by atoms with Crippen molar-refractivity contribution >= 4 is 123 Å². The molecule has 0 saturated carbocycles. The maximum atomic E-state index is 7.47. The van der Waals surface area contributed by atoms with Gasteiger partial charge < -0.3 is 23.4 Å². The zero-order chi connectivity index (χ0) is 45.1. The second-order valence-electron chi connectivity index (χ2n) is 18.6. The van der Waals surface area contributed by atoms with Crippen LogP contribution in [0.25, 0.3) is 87.7 Å². The van der Waals surface area contributed by atoms with Gasteiger partial charge in [-0.2, -0.15) is 0 Å². The third-order valence-corrected chi connectivity index (χ3v) is 17.2. The van der Waals surface area contributed by atoms with Gasteiger partial charge in [-0.05, 0) is 165 Å². The van der Waals surface area contributed by atoms with E-state index in [0.29, 0.717) is 0 Å². The van der Waals surface area contributed by atoms with Crippen LogP contribution in [0.15, 0.2) is 215 Å². The molecule has 0 unspecified atom stereocenters. The van der Waals surface area contributed by atoms with E-state index in [9.17, 15) is 0 Å². The molecular weight excluding hydrogens is 864 g/mol. The van der Waals surface area contributed by atoms with Crippen molar-refractivity contribution in [2.24, 2.45) is 0 Å². The number of anilines is 6. The average Bonchev–Trinajstić information content (AvgIpc) is 3.93. The Labute approximate surface area is 397 Å². The van der Waals surface area contributed by atoms with Gasteiger partial charge in [0.1, 0.15) is 33.8 Å². The summed E-state index contributed by atoms with van der Waals surface area (Å²) in [7, 11) is -1.07. The lowest BCUT2D eigenvalue weighted by Crippen LogP contribution is -2.43. The Morgan fingerprint density at radius 3 is 1.20 bits per heavy atom. The largest absolute Gasteiger partial charge is 0.456 e. The zero-order valence-electron chi connectivity index (χ0n) is 37.2. The fourth-order valence-corrected chi connectivity index (χ4v) is 14.4. The lowest BCUT2D eigenvalue weighted by Gasteiger charge is -2.47. The summed E-state index contributed by atoms with van der Waals surface area (Å²) in [5, 5.41) is 13.0. The molecule has 2 aromatic heterocycles. The molecule has 5 nitrogen and oxygen atoms in total. The van der Waals surface area contributed by atoms with E-state index < -0.39 is 7.92 Å². The molecule has 0 aliphatic carbocycles. The fraction of sp³-hybridized carbons (Fsp3) is 0.0159. The molecule has 0 amide bonds. The Morgan fingerprint density at radius 2 is 0.739 bits per heavy atom. The summed E-state index contributed by atoms with van der Waals surface area (Å²) in [4.78, 5) is 4.96. The quantitative estimate of drug-likeness (QED) is 0.165. The fourth-order valence-electron chi connectivity index (χ4n) is 11.5. The minimum atomic E-state index is -1.07. The van der Waals surface area contributed by atoms with E-state index >= 15 is 0 Å². The highest BCUT2D eigenvalue weighted by Crippen LogP contribution is 2.63. The van der Waals surface area contributed by atoms with Gasteiger partial charge in [0.05, 0.1) is 33.4 Å². The first-order valence-corrected chi connectivity index (χ1v) is 24.8. The third-order valence-electron chi connectivity index (χ3n) is 14.5. The number of para-hydroxylation sites is 2. The third kappa shape index (κ3) is 5.34. The Balaban J connectivity index is 0.953. The van der Waals surface area contributed by atoms with E-state index in [1.54, 1.807) is 0 Å². The molecule has 0 fully saturated rings. The van der Waals surface area contributed by atoms with Crippen molar-refractivity contribution in [2.45, 2.75) is 6.92 Å². The molecule has 0 N–H and O–H groups in total. The van der Waals surface area contributed by atoms with Crippen molar-refractivity contribution in [1.29, 1.82) is 0 Å². The lowest BCUT2D eigenvalue weighted by atomic mass is 9.98. The molecule has 11 aromatic carbocycles. The van der Waals surface area contributed by atoms with E-state index in [1.165, 1.54) is 54.4 Å². The molecule has 3 aliphatic heterocycles. The van der Waals surface area contributed by atoms with Crippen LogP contribution in [0.3, 0.4) is 0 Å². The molecule has 0 bridgehead atoms. The first-order chi connectivity index (χ1) is 34.1. The Bertz CT molecular complexity index is 4110. The van der Waals surface area contributed by atoms with E-state index in [-0.39, 0.29) is 0 Å². The second-order valence-corrected chi connectivity index (χ2v) is 20.6. The van der Waals surface area contributed by atoms with Gasteiger partial charge in [0.2, 0.25) is 0 Å². The number of hydrogen-bond donors (Lipinski definition) is 0. The SMILES string of the molecule is Cc1cc2c3c(c1)N(c1ccccc1)c1cc(-c4ccc5oc6cc7ccccc7cc6c5c4)cc4c1P3c1c(cc(-c3ccc5oc6cc7ccccc7cc6c5c3)cc1N2c1ccccc1)O4. The molecule has 3 aliphatic rings. The minimum absolute atomic E-state index is 0.875. The van der Waals surface area contributed by atoms with Crippen LogP contribution in [0, 0.1) is 6.92 Å². The van der Waals surface area contributed by atoms with Crippen molar-refractivity contribution in [2.75, 3.05) is 9.80 Å². The molecule has 0 radical (unpaired) electrons. The molecule has 322 valence electrons. The van der Waals surface area contributed by atoms with E-state index in [1.807, 2.05) is 0 Å². The van der Waals surface area contributed by atoms with Gasteiger partial charge in [-0.15, -0.1) is 0 Å². The van der Waals surface area contributed by atoms with Crippen molar-refractivity contribution in [3.05, 3.63) is 212 Å². The molecule has 13 aromatic rings. The van der Waals surface area contributed by atoms with Crippen LogP contribution in [0.2, 0.25) is 0 Å². The van der Waals surface area contributed by atoms with Crippen molar-refractivity contribution in [3.63, 3.8) is 0 Å². The maximum Gasteiger partial charge on any atom is 0.138 e. The molecule has 0 saturated heterocycles. The van der Waals surface area contributed by atoms with Crippen molar-refractivity contribution in [3.8, 4) is 33.8 Å². The van der Waals surface area contributed by atoms with Crippen molar-refractivity contribution in [1.82, 2.24) is 0 Å². The molecule has 69 heavy (non-hydrogen) atoms. The van der Waals surface area contributed by atoms with Gasteiger partial charge >= 0.3 is 0 Å². The normalized spacial score (nSPS) is 13.6. The van der Waals surface area contributed by atoms with Crippen LogP contribution in [0.4, 0.5) is 34.1 Å². The Morgan fingerprint density at radius 1 is 0.333 bits per heavy atom. The Hall–Kier alpha value is -8.63. The summed E-state index contributed by atoms with van der Waals surface area (Å²) in [5.41, 5.74) is 16.0. The number of hydrogen-bond acceptors (Lipinski definition) is 5. The summed E-state index contributed by atoms with van der Waals surface area (Å²) in [6.07, 6.45) is 0. The molecule has 0 atom stereocenters. The number of nitrogens with zero attached hydrogens (tertiary/aromatic N) is 2. The maximum absolute atomic E-state index is 7.47. The number of ether oxygens (including phenoxy) is 1. The second kappa shape index (κ2) is 13.7. The summed E-state index contributed by atoms with van der Waals surface area (Å²) in [6.45, 7) is 2.23. The molecule has 0 spiro atoms. The Kier molecular flexibility index (Phi) is 7.45. The summed E-state index contributed by atoms with van der Waals surface area (Å²) < 4.78 is 20.5. The van der Waals surface area contributed by atoms with Gasteiger partial charge in [-0.25, -0.2) is 0 Å². The smallest absolute Gasteiger partial charge is 0.138 e. The predicted molar refractivity (Wildman–Crippen MR) is 287 cm³/mol. The summed E-state index contributed by atoms with van der Waals surface area (Å²) in [6, 6.07) is 74.9. The summed E-state index contributed by atoms with van der Waals surface area (Å²) in [5.74, 6) is 1.78. The number of furan rings is 2. The number of rotatable bonds is 4. The number of aryl methyl sites for hydroxylation is 1. The van der Waals surface area contributed by atoms with Gasteiger partial charge in [0, 0.05) is 46.1 Å². The lowest BCUT2D eigenvalue weighted by molar-refractivity contribution is 0.489. The van der Waals surface area contributed by atoms with Gasteiger partial charge in [-0.1, -0.05) is 97.1 Å². The molecule has 16 rings (SSSR count). The van der Waals surface area contributed by atoms with E-state index in [0.717, 1.165) is 100 Å². The van der Waals surface area contributed by atoms with Crippen LogP contribution in [-0.4, -0.2) is 0 Å².